The third-order valence-electron chi connectivity index (χ3n) is 7.42. The van der Waals surface area contributed by atoms with Crippen molar-refractivity contribution in [3.05, 3.63) is 42.0 Å². The van der Waals surface area contributed by atoms with E-state index < -0.39 is 10.0 Å². The molecule has 2 aromatic carbocycles. The van der Waals surface area contributed by atoms with Gasteiger partial charge in [0.15, 0.2) is 16.7 Å². The van der Waals surface area contributed by atoms with E-state index in [1.807, 2.05) is 24.3 Å². The van der Waals surface area contributed by atoms with Gasteiger partial charge in [0.2, 0.25) is 10.0 Å². The van der Waals surface area contributed by atoms with E-state index in [1.54, 1.807) is 42.4 Å². The lowest BCUT2D eigenvalue weighted by molar-refractivity contribution is 0.281. The minimum absolute atomic E-state index is 0.339. The van der Waals surface area contributed by atoms with Crippen LogP contribution in [0, 0.1) is 5.92 Å². The molecule has 36 heavy (non-hydrogen) atoms. The zero-order valence-electron chi connectivity index (χ0n) is 21.3. The average molecular weight is 530 g/mol. The summed E-state index contributed by atoms with van der Waals surface area (Å²) in [4.78, 5) is 5.31. The summed E-state index contributed by atoms with van der Waals surface area (Å²) in [6.45, 7) is 3.29. The molecule has 1 aliphatic heterocycles. The first kappa shape index (κ1) is 25.4. The van der Waals surface area contributed by atoms with Crippen molar-refractivity contribution in [1.82, 2.24) is 13.9 Å². The van der Waals surface area contributed by atoms with Crippen molar-refractivity contribution in [2.24, 2.45) is 5.92 Å². The number of benzene rings is 2. The van der Waals surface area contributed by atoms with Gasteiger partial charge in [-0.05, 0) is 55.9 Å². The van der Waals surface area contributed by atoms with Gasteiger partial charge in [0, 0.05) is 30.4 Å². The summed E-state index contributed by atoms with van der Waals surface area (Å²) < 4.78 is 41.9. The lowest BCUT2D eigenvalue weighted by Gasteiger charge is -2.30. The Morgan fingerprint density at radius 2 is 1.86 bits per heavy atom. The van der Waals surface area contributed by atoms with Crippen LogP contribution >= 0.6 is 11.8 Å². The van der Waals surface area contributed by atoms with Gasteiger partial charge < -0.3 is 14.0 Å². The zero-order valence-corrected chi connectivity index (χ0v) is 22.9. The summed E-state index contributed by atoms with van der Waals surface area (Å²) in [5.74, 6) is 2.50. The van der Waals surface area contributed by atoms with Gasteiger partial charge in [0.1, 0.15) is 0 Å². The van der Waals surface area contributed by atoms with E-state index in [-0.39, 0.29) is 0 Å². The van der Waals surface area contributed by atoms with Crippen molar-refractivity contribution in [1.29, 1.82) is 0 Å². The monoisotopic (exact) mass is 529 g/mol. The molecule has 0 amide bonds. The Hall–Kier alpha value is -2.23. The van der Waals surface area contributed by atoms with Gasteiger partial charge in [-0.25, -0.2) is 13.4 Å². The fourth-order valence-electron chi connectivity index (χ4n) is 5.56. The minimum atomic E-state index is -3.53. The maximum Gasteiger partial charge on any atom is 0.243 e. The summed E-state index contributed by atoms with van der Waals surface area (Å²) in [6, 6.07) is 11.8. The topological polar surface area (TPSA) is 73.7 Å². The van der Waals surface area contributed by atoms with Crippen molar-refractivity contribution in [3.63, 3.8) is 0 Å². The Morgan fingerprint density at radius 1 is 1.06 bits per heavy atom. The van der Waals surface area contributed by atoms with Crippen molar-refractivity contribution >= 4 is 32.8 Å². The summed E-state index contributed by atoms with van der Waals surface area (Å²) in [5, 5.41) is 0.919. The van der Waals surface area contributed by atoms with Crippen molar-refractivity contribution in [2.75, 3.05) is 27.3 Å². The molecule has 1 aromatic heterocycles. The lowest BCUT2D eigenvalue weighted by atomic mass is 10.0. The van der Waals surface area contributed by atoms with Gasteiger partial charge in [-0.2, -0.15) is 4.31 Å². The summed E-state index contributed by atoms with van der Waals surface area (Å²) in [5.41, 5.74) is 2.79. The van der Waals surface area contributed by atoms with Crippen LogP contribution in [0.3, 0.4) is 0 Å². The molecular weight excluding hydrogens is 494 g/mol. The third kappa shape index (κ3) is 4.85. The molecule has 0 unspecified atom stereocenters. The van der Waals surface area contributed by atoms with Gasteiger partial charge in [-0.1, -0.05) is 43.7 Å². The van der Waals surface area contributed by atoms with Gasteiger partial charge in [-0.15, -0.1) is 0 Å². The van der Waals surface area contributed by atoms with Crippen LogP contribution in [0.2, 0.25) is 0 Å². The number of sulfonamides is 1. The Kier molecular flexibility index (Phi) is 7.51. The first-order valence-electron chi connectivity index (χ1n) is 12.8. The van der Waals surface area contributed by atoms with Crippen LogP contribution < -0.4 is 9.47 Å². The normalized spacial score (nSPS) is 19.7. The second-order valence-electron chi connectivity index (χ2n) is 9.90. The molecule has 0 spiro atoms. The molecule has 2 aliphatic rings. The van der Waals surface area contributed by atoms with E-state index in [9.17, 15) is 8.42 Å². The minimum Gasteiger partial charge on any atom is -0.493 e. The number of ether oxygens (including phenoxy) is 2. The number of hydrogen-bond donors (Lipinski definition) is 0. The van der Waals surface area contributed by atoms with Crippen LogP contribution in [0.1, 0.15) is 57.1 Å². The van der Waals surface area contributed by atoms with Crippen LogP contribution in [0.5, 0.6) is 11.5 Å². The molecule has 1 aliphatic carbocycles. The zero-order chi connectivity index (χ0) is 25.3. The number of hydrogen-bond acceptors (Lipinski definition) is 6. The van der Waals surface area contributed by atoms with E-state index in [1.165, 1.54) is 12.8 Å². The molecule has 3 aromatic rings. The van der Waals surface area contributed by atoms with Crippen LogP contribution in [0.15, 0.2) is 46.5 Å². The molecular formula is C27H35N3O4S2. The second kappa shape index (κ2) is 10.6. The van der Waals surface area contributed by atoms with Crippen LogP contribution in [-0.2, 0) is 15.8 Å². The highest BCUT2D eigenvalue weighted by atomic mass is 32.2. The highest BCUT2D eigenvalue weighted by Gasteiger charge is 2.30. The van der Waals surface area contributed by atoms with Crippen molar-refractivity contribution in [3.8, 4) is 11.5 Å². The van der Waals surface area contributed by atoms with Gasteiger partial charge in [0.25, 0.3) is 0 Å². The smallest absolute Gasteiger partial charge is 0.243 e. The average Bonchev–Trinajstić information content (AvgIpc) is 3.54. The quantitative estimate of drug-likeness (QED) is 0.339. The summed E-state index contributed by atoms with van der Waals surface area (Å²) in [6.07, 6.45) is 6.64. The Balaban J connectivity index is 1.50. The maximum atomic E-state index is 13.4. The molecule has 2 fully saturated rings. The molecule has 194 valence electrons. The van der Waals surface area contributed by atoms with Crippen LogP contribution in [0.25, 0.3) is 11.0 Å². The van der Waals surface area contributed by atoms with E-state index in [4.69, 9.17) is 14.5 Å². The first-order chi connectivity index (χ1) is 17.4. The predicted molar refractivity (Wildman–Crippen MR) is 144 cm³/mol. The van der Waals surface area contributed by atoms with Crippen LogP contribution in [-0.4, -0.2) is 49.6 Å². The van der Waals surface area contributed by atoms with Gasteiger partial charge >= 0.3 is 0 Å². The van der Waals surface area contributed by atoms with E-state index in [0.717, 1.165) is 53.2 Å². The second-order valence-corrected chi connectivity index (χ2v) is 12.8. The predicted octanol–water partition coefficient (Wildman–Crippen LogP) is 5.88. The molecule has 0 N–H and O–H groups in total. The molecule has 7 nitrogen and oxygen atoms in total. The molecule has 0 radical (unpaired) electrons. The molecule has 1 saturated heterocycles. The Morgan fingerprint density at radius 3 is 2.58 bits per heavy atom. The molecule has 9 heteroatoms. The number of nitrogens with zero attached hydrogens (tertiary/aromatic N) is 3. The number of fused-ring (bicyclic) bond motifs is 1. The largest absolute Gasteiger partial charge is 0.493 e. The number of rotatable bonds is 8. The SMILES string of the molecule is COc1cccc(CSc2nc3cc(S(=O)(=O)N4CCC[C@@H](C)C4)ccc3n2C2CCCC2)c1OC. The highest BCUT2D eigenvalue weighted by Crippen LogP contribution is 2.40. The number of aromatic nitrogens is 2. The molecule has 2 heterocycles. The maximum absolute atomic E-state index is 13.4. The fourth-order valence-corrected chi connectivity index (χ4v) is 8.24. The van der Waals surface area contributed by atoms with Crippen molar-refractivity contribution in [2.45, 2.75) is 67.3 Å². The number of imidazole rings is 1. The van der Waals surface area contributed by atoms with Gasteiger partial charge in [-0.3, -0.25) is 0 Å². The van der Waals surface area contributed by atoms with E-state index in [2.05, 4.69) is 11.5 Å². The van der Waals surface area contributed by atoms with E-state index in [0.29, 0.717) is 41.4 Å². The molecule has 1 atom stereocenters. The highest BCUT2D eigenvalue weighted by molar-refractivity contribution is 7.98. The number of para-hydroxylation sites is 1. The third-order valence-corrected chi connectivity index (χ3v) is 10.3. The van der Waals surface area contributed by atoms with Crippen molar-refractivity contribution < 1.29 is 17.9 Å². The standard InChI is InChI=1S/C27H35N3O4S2/c1-19-8-7-15-29(17-19)36(31,32)22-13-14-24-23(16-22)28-27(30(24)21-10-4-5-11-21)35-18-20-9-6-12-25(33-2)26(20)34-3/h6,9,12-14,16,19,21H,4-5,7-8,10-11,15,17-18H2,1-3H3/t19-/m1/s1. The molecule has 1 saturated carbocycles. The van der Waals surface area contributed by atoms with Gasteiger partial charge in [0.05, 0.1) is 30.1 Å². The first-order valence-corrected chi connectivity index (χ1v) is 15.2. The Labute approximate surface area is 218 Å². The van der Waals surface area contributed by atoms with E-state index >= 15 is 0 Å². The Bertz CT molecular complexity index is 1330. The lowest BCUT2D eigenvalue weighted by Crippen LogP contribution is -2.39. The molecule has 0 bridgehead atoms. The number of thioether (sulfide) groups is 1. The summed E-state index contributed by atoms with van der Waals surface area (Å²) in [7, 11) is -0.233. The number of piperidine rings is 1. The van der Waals surface area contributed by atoms with Crippen LogP contribution in [0.4, 0.5) is 0 Å². The fraction of sp³-hybridized carbons (Fsp3) is 0.519. The molecule has 5 rings (SSSR count). The number of methoxy groups -OCH3 is 2. The summed E-state index contributed by atoms with van der Waals surface area (Å²) >= 11 is 1.66.